The zero-order valence-electron chi connectivity index (χ0n) is 10.2. The molecule has 0 unspecified atom stereocenters. The van der Waals surface area contributed by atoms with Crippen molar-refractivity contribution in [3.05, 3.63) is 40.9 Å². The Morgan fingerprint density at radius 2 is 2.05 bits per heavy atom. The minimum absolute atomic E-state index is 0.544. The topological polar surface area (TPSA) is 61.3 Å². The molecule has 0 fully saturated rings. The van der Waals surface area contributed by atoms with Crippen LogP contribution in [0.2, 0.25) is 0 Å². The van der Waals surface area contributed by atoms with Gasteiger partial charge in [0.1, 0.15) is 11.3 Å². The molecule has 19 heavy (non-hydrogen) atoms. The number of rotatable bonds is 2. The van der Waals surface area contributed by atoms with E-state index in [0.29, 0.717) is 17.2 Å². The maximum absolute atomic E-state index is 5.86. The summed E-state index contributed by atoms with van der Waals surface area (Å²) in [5.41, 5.74) is 8.83. The number of halogens is 1. The number of fused-ring (bicyclic) bond motifs is 1. The van der Waals surface area contributed by atoms with Crippen molar-refractivity contribution in [1.29, 1.82) is 0 Å². The molecule has 0 saturated heterocycles. The minimum Gasteiger partial charge on any atom is -0.497 e. The van der Waals surface area contributed by atoms with Crippen molar-refractivity contribution >= 4 is 32.7 Å². The number of hydrogen-bond donors (Lipinski definition) is 1. The van der Waals surface area contributed by atoms with E-state index in [4.69, 9.17) is 14.9 Å². The Hall–Kier alpha value is -2.01. The first-order chi connectivity index (χ1) is 9.17. The number of anilines is 1. The van der Waals surface area contributed by atoms with Gasteiger partial charge in [-0.25, -0.2) is 4.98 Å². The Kier molecular flexibility index (Phi) is 2.91. The predicted molar refractivity (Wildman–Crippen MR) is 78.1 cm³/mol. The SMILES string of the molecule is COc1ccc2nc(-c3ccc(Br)c(N)c3)oc2c1. The third-order valence-corrected chi connectivity index (χ3v) is 3.56. The average molecular weight is 319 g/mol. The van der Waals surface area contributed by atoms with E-state index in [2.05, 4.69) is 20.9 Å². The monoisotopic (exact) mass is 318 g/mol. The van der Waals surface area contributed by atoms with E-state index in [0.717, 1.165) is 21.3 Å². The summed E-state index contributed by atoms with van der Waals surface area (Å²) in [4.78, 5) is 4.44. The number of hydrogen-bond acceptors (Lipinski definition) is 4. The number of methoxy groups -OCH3 is 1. The van der Waals surface area contributed by atoms with Crippen LogP contribution >= 0.6 is 15.9 Å². The quantitative estimate of drug-likeness (QED) is 0.729. The summed E-state index contributed by atoms with van der Waals surface area (Å²) >= 11 is 3.36. The molecule has 2 aromatic carbocycles. The van der Waals surface area contributed by atoms with E-state index < -0.39 is 0 Å². The maximum atomic E-state index is 5.86. The van der Waals surface area contributed by atoms with Crippen LogP contribution in [0.15, 0.2) is 45.3 Å². The van der Waals surface area contributed by atoms with Crippen molar-refractivity contribution in [2.24, 2.45) is 0 Å². The minimum atomic E-state index is 0.544. The Balaban J connectivity index is 2.11. The predicted octanol–water partition coefficient (Wildman–Crippen LogP) is 3.85. The fourth-order valence-electron chi connectivity index (χ4n) is 1.83. The molecule has 0 spiro atoms. The van der Waals surface area contributed by atoms with Crippen LogP contribution in [0, 0.1) is 0 Å². The van der Waals surface area contributed by atoms with Gasteiger partial charge in [0, 0.05) is 21.8 Å². The van der Waals surface area contributed by atoms with Gasteiger partial charge in [-0.05, 0) is 46.3 Å². The van der Waals surface area contributed by atoms with Gasteiger partial charge in [-0.2, -0.15) is 0 Å². The molecule has 0 amide bonds. The Labute approximate surface area is 118 Å². The highest BCUT2D eigenvalue weighted by atomic mass is 79.9. The van der Waals surface area contributed by atoms with Gasteiger partial charge in [0.2, 0.25) is 5.89 Å². The first-order valence-corrected chi connectivity index (χ1v) is 6.46. The van der Waals surface area contributed by atoms with Gasteiger partial charge < -0.3 is 14.9 Å². The molecule has 0 radical (unpaired) electrons. The molecule has 96 valence electrons. The lowest BCUT2D eigenvalue weighted by Crippen LogP contribution is -1.87. The summed E-state index contributed by atoms with van der Waals surface area (Å²) in [6.45, 7) is 0. The van der Waals surface area contributed by atoms with Crippen LogP contribution in [0.1, 0.15) is 0 Å². The van der Waals surface area contributed by atoms with E-state index in [1.165, 1.54) is 0 Å². The van der Waals surface area contributed by atoms with Crippen LogP contribution in [0.3, 0.4) is 0 Å². The molecule has 0 aliphatic carbocycles. The summed E-state index contributed by atoms with van der Waals surface area (Å²) in [6.07, 6.45) is 0. The fourth-order valence-corrected chi connectivity index (χ4v) is 2.08. The second-order valence-electron chi connectivity index (χ2n) is 4.09. The van der Waals surface area contributed by atoms with Gasteiger partial charge in [0.15, 0.2) is 5.58 Å². The lowest BCUT2D eigenvalue weighted by Gasteiger charge is -1.99. The number of nitrogens with zero attached hydrogens (tertiary/aromatic N) is 1. The van der Waals surface area contributed by atoms with Crippen LogP contribution in [-0.4, -0.2) is 12.1 Å². The third kappa shape index (κ3) is 2.17. The highest BCUT2D eigenvalue weighted by molar-refractivity contribution is 9.10. The lowest BCUT2D eigenvalue weighted by atomic mass is 10.2. The van der Waals surface area contributed by atoms with Gasteiger partial charge >= 0.3 is 0 Å². The van der Waals surface area contributed by atoms with Crippen molar-refractivity contribution in [2.75, 3.05) is 12.8 Å². The van der Waals surface area contributed by atoms with Crippen LogP contribution in [0.5, 0.6) is 5.75 Å². The molecule has 4 nitrogen and oxygen atoms in total. The summed E-state index contributed by atoms with van der Waals surface area (Å²) in [5, 5.41) is 0. The Morgan fingerprint density at radius 1 is 1.21 bits per heavy atom. The fraction of sp³-hybridized carbons (Fsp3) is 0.0714. The highest BCUT2D eigenvalue weighted by Gasteiger charge is 2.10. The molecule has 3 rings (SSSR count). The first kappa shape index (κ1) is 12.0. The Bertz CT molecular complexity index is 752. The molecule has 3 aromatic rings. The van der Waals surface area contributed by atoms with Crippen LogP contribution in [-0.2, 0) is 0 Å². The van der Waals surface area contributed by atoms with Crippen LogP contribution in [0.25, 0.3) is 22.6 Å². The summed E-state index contributed by atoms with van der Waals surface area (Å²) in [7, 11) is 1.62. The number of benzene rings is 2. The number of ether oxygens (including phenoxy) is 1. The molecule has 1 heterocycles. The molecule has 0 atom stereocenters. The van der Waals surface area contributed by atoms with Gasteiger partial charge in [0.05, 0.1) is 7.11 Å². The zero-order chi connectivity index (χ0) is 13.4. The largest absolute Gasteiger partial charge is 0.497 e. The van der Waals surface area contributed by atoms with Gasteiger partial charge in [-0.1, -0.05) is 0 Å². The second kappa shape index (κ2) is 4.59. The lowest BCUT2D eigenvalue weighted by molar-refractivity contribution is 0.414. The second-order valence-corrected chi connectivity index (χ2v) is 4.94. The molecule has 0 saturated carbocycles. The summed E-state index contributed by atoms with van der Waals surface area (Å²) < 4.78 is 11.7. The van der Waals surface area contributed by atoms with Gasteiger partial charge in [-0.15, -0.1) is 0 Å². The van der Waals surface area contributed by atoms with Crippen LogP contribution in [0.4, 0.5) is 5.69 Å². The van der Waals surface area contributed by atoms with Gasteiger partial charge in [0.25, 0.3) is 0 Å². The van der Waals surface area contributed by atoms with E-state index in [-0.39, 0.29) is 0 Å². The van der Waals surface area contributed by atoms with Crippen molar-refractivity contribution in [3.63, 3.8) is 0 Å². The Morgan fingerprint density at radius 3 is 2.79 bits per heavy atom. The molecule has 0 aliphatic heterocycles. The molecular formula is C14H11BrN2O2. The standard InChI is InChI=1S/C14H11BrN2O2/c1-18-9-3-5-12-13(7-9)19-14(17-12)8-2-4-10(15)11(16)6-8/h2-7H,16H2,1H3. The normalized spacial score (nSPS) is 10.8. The number of nitrogen functional groups attached to an aromatic ring is 1. The molecule has 5 heteroatoms. The molecular weight excluding hydrogens is 308 g/mol. The van der Waals surface area contributed by atoms with Crippen molar-refractivity contribution < 1.29 is 9.15 Å². The summed E-state index contributed by atoms with van der Waals surface area (Å²) in [5.74, 6) is 1.29. The van der Waals surface area contributed by atoms with E-state index >= 15 is 0 Å². The first-order valence-electron chi connectivity index (χ1n) is 5.67. The number of nitrogens with two attached hydrogens (primary N) is 1. The zero-order valence-corrected chi connectivity index (χ0v) is 11.8. The van der Waals surface area contributed by atoms with Gasteiger partial charge in [-0.3, -0.25) is 0 Å². The summed E-state index contributed by atoms with van der Waals surface area (Å²) in [6, 6.07) is 11.1. The van der Waals surface area contributed by atoms with Crippen molar-refractivity contribution in [3.8, 4) is 17.2 Å². The van der Waals surface area contributed by atoms with E-state index in [1.807, 2.05) is 36.4 Å². The van der Waals surface area contributed by atoms with Crippen molar-refractivity contribution in [1.82, 2.24) is 4.98 Å². The molecule has 1 aromatic heterocycles. The van der Waals surface area contributed by atoms with E-state index in [1.54, 1.807) is 7.11 Å². The number of aromatic nitrogens is 1. The number of oxazole rings is 1. The van der Waals surface area contributed by atoms with E-state index in [9.17, 15) is 0 Å². The highest BCUT2D eigenvalue weighted by Crippen LogP contribution is 2.30. The molecule has 0 bridgehead atoms. The smallest absolute Gasteiger partial charge is 0.227 e. The average Bonchev–Trinajstić information content (AvgIpc) is 2.84. The third-order valence-electron chi connectivity index (χ3n) is 2.84. The maximum Gasteiger partial charge on any atom is 0.227 e. The molecule has 2 N–H and O–H groups in total. The molecule has 0 aliphatic rings. The van der Waals surface area contributed by atoms with Crippen molar-refractivity contribution in [2.45, 2.75) is 0 Å². The van der Waals surface area contributed by atoms with Crippen LogP contribution < -0.4 is 10.5 Å².